The summed E-state index contributed by atoms with van der Waals surface area (Å²) in [6.45, 7) is 5.27. The zero-order chi connectivity index (χ0) is 12.1. The topological polar surface area (TPSA) is 72.9 Å². The third kappa shape index (κ3) is 3.06. The summed E-state index contributed by atoms with van der Waals surface area (Å²) in [5.41, 5.74) is 6.97. The number of hydrogen-bond acceptors (Lipinski definition) is 3. The lowest BCUT2D eigenvalue weighted by atomic mass is 10.1. The van der Waals surface area contributed by atoms with E-state index in [1.54, 1.807) is 10.9 Å². The van der Waals surface area contributed by atoms with Crippen LogP contribution in [0.25, 0.3) is 0 Å². The highest BCUT2D eigenvalue weighted by atomic mass is 16.1. The zero-order valence-corrected chi connectivity index (χ0v) is 10.2. The van der Waals surface area contributed by atoms with Gasteiger partial charge in [0.1, 0.15) is 0 Å². The summed E-state index contributed by atoms with van der Waals surface area (Å²) in [5, 5.41) is 6.93. The molecule has 5 heteroatoms. The SMILES string of the molecule is Cc1c(C(=O)NCC(C)CCN)cnn1C. The second-order valence-electron chi connectivity index (χ2n) is 4.16. The summed E-state index contributed by atoms with van der Waals surface area (Å²) < 4.78 is 1.69. The standard InChI is InChI=1S/C11H20N4O/c1-8(4-5-12)6-13-11(16)10-7-14-15(3)9(10)2/h7-8H,4-6,12H2,1-3H3,(H,13,16). The number of nitrogens with zero attached hydrogens (tertiary/aromatic N) is 2. The first-order chi connectivity index (χ1) is 7.56. The molecule has 1 aromatic rings. The molecule has 0 saturated carbocycles. The molecule has 0 aliphatic carbocycles. The minimum absolute atomic E-state index is 0.0607. The molecule has 0 bridgehead atoms. The van der Waals surface area contributed by atoms with Crippen molar-refractivity contribution in [3.63, 3.8) is 0 Å². The molecule has 0 spiro atoms. The number of carbonyl (C=O) groups is 1. The van der Waals surface area contributed by atoms with Crippen molar-refractivity contribution in [1.82, 2.24) is 15.1 Å². The van der Waals surface area contributed by atoms with E-state index in [1.165, 1.54) is 0 Å². The van der Waals surface area contributed by atoms with Gasteiger partial charge in [0.15, 0.2) is 0 Å². The maximum absolute atomic E-state index is 11.8. The lowest BCUT2D eigenvalue weighted by molar-refractivity contribution is 0.0947. The normalized spacial score (nSPS) is 12.5. The fourth-order valence-corrected chi connectivity index (χ4v) is 1.47. The fourth-order valence-electron chi connectivity index (χ4n) is 1.47. The van der Waals surface area contributed by atoms with Crippen molar-refractivity contribution in [2.45, 2.75) is 20.3 Å². The highest BCUT2D eigenvalue weighted by Crippen LogP contribution is 2.05. The molecule has 1 heterocycles. The van der Waals surface area contributed by atoms with Gasteiger partial charge in [-0.1, -0.05) is 6.92 Å². The summed E-state index contributed by atoms with van der Waals surface area (Å²) in [5.74, 6) is 0.348. The van der Waals surface area contributed by atoms with Gasteiger partial charge in [0.2, 0.25) is 0 Å². The molecule has 1 rings (SSSR count). The molecular formula is C11H20N4O. The Labute approximate surface area is 96.0 Å². The molecule has 0 saturated heterocycles. The van der Waals surface area contributed by atoms with E-state index in [1.807, 2.05) is 14.0 Å². The van der Waals surface area contributed by atoms with Crippen LogP contribution in [-0.2, 0) is 7.05 Å². The lowest BCUT2D eigenvalue weighted by Gasteiger charge is -2.11. The zero-order valence-electron chi connectivity index (χ0n) is 10.2. The summed E-state index contributed by atoms with van der Waals surface area (Å²) in [6, 6.07) is 0. The number of amides is 1. The molecule has 1 amide bonds. The van der Waals surface area contributed by atoms with Gasteiger partial charge < -0.3 is 11.1 Å². The maximum Gasteiger partial charge on any atom is 0.254 e. The Bertz CT molecular complexity index is 359. The van der Waals surface area contributed by atoms with Crippen LogP contribution in [0.15, 0.2) is 6.20 Å². The van der Waals surface area contributed by atoms with Crippen LogP contribution in [0.4, 0.5) is 0 Å². The van der Waals surface area contributed by atoms with E-state index in [0.29, 0.717) is 24.6 Å². The van der Waals surface area contributed by atoms with Gasteiger partial charge in [-0.05, 0) is 25.8 Å². The van der Waals surface area contributed by atoms with Crippen molar-refractivity contribution in [2.24, 2.45) is 18.7 Å². The number of aromatic nitrogens is 2. The van der Waals surface area contributed by atoms with E-state index in [0.717, 1.165) is 12.1 Å². The van der Waals surface area contributed by atoms with Gasteiger partial charge in [0, 0.05) is 19.3 Å². The summed E-state index contributed by atoms with van der Waals surface area (Å²) in [6.07, 6.45) is 2.52. The van der Waals surface area contributed by atoms with E-state index in [4.69, 9.17) is 5.73 Å². The number of hydrogen-bond donors (Lipinski definition) is 2. The number of aryl methyl sites for hydroxylation is 1. The van der Waals surface area contributed by atoms with Crippen LogP contribution in [0.1, 0.15) is 29.4 Å². The van der Waals surface area contributed by atoms with Crippen LogP contribution in [-0.4, -0.2) is 28.8 Å². The quantitative estimate of drug-likeness (QED) is 0.762. The molecule has 1 unspecified atom stereocenters. The number of nitrogens with one attached hydrogen (secondary N) is 1. The molecule has 3 N–H and O–H groups in total. The second-order valence-corrected chi connectivity index (χ2v) is 4.16. The van der Waals surface area contributed by atoms with Gasteiger partial charge in [-0.25, -0.2) is 0 Å². The van der Waals surface area contributed by atoms with Crippen molar-refractivity contribution < 1.29 is 4.79 Å². The van der Waals surface area contributed by atoms with Crippen LogP contribution in [0.5, 0.6) is 0 Å². The molecule has 0 radical (unpaired) electrons. The minimum Gasteiger partial charge on any atom is -0.352 e. The number of carbonyl (C=O) groups excluding carboxylic acids is 1. The minimum atomic E-state index is -0.0607. The van der Waals surface area contributed by atoms with Gasteiger partial charge in [-0.2, -0.15) is 5.10 Å². The molecule has 16 heavy (non-hydrogen) atoms. The predicted octanol–water partition coefficient (Wildman–Crippen LogP) is 0.443. The first-order valence-corrected chi connectivity index (χ1v) is 5.53. The molecule has 1 aromatic heterocycles. The summed E-state index contributed by atoms with van der Waals surface area (Å²) in [7, 11) is 1.82. The monoisotopic (exact) mass is 224 g/mol. The van der Waals surface area contributed by atoms with Gasteiger partial charge in [-0.3, -0.25) is 9.48 Å². The lowest BCUT2D eigenvalue weighted by Crippen LogP contribution is -2.29. The van der Waals surface area contributed by atoms with E-state index < -0.39 is 0 Å². The summed E-state index contributed by atoms with van der Waals surface area (Å²) in [4.78, 5) is 11.8. The molecule has 0 fully saturated rings. The maximum atomic E-state index is 11.8. The molecule has 1 atom stereocenters. The molecule has 5 nitrogen and oxygen atoms in total. The second kappa shape index (κ2) is 5.65. The third-order valence-corrected chi connectivity index (χ3v) is 2.75. The Morgan fingerprint density at radius 1 is 1.69 bits per heavy atom. The van der Waals surface area contributed by atoms with E-state index in [-0.39, 0.29) is 5.91 Å². The van der Waals surface area contributed by atoms with Crippen LogP contribution in [0, 0.1) is 12.8 Å². The van der Waals surface area contributed by atoms with Crippen molar-refractivity contribution in [1.29, 1.82) is 0 Å². The third-order valence-electron chi connectivity index (χ3n) is 2.75. The Balaban J connectivity index is 2.50. The van der Waals surface area contributed by atoms with E-state index in [9.17, 15) is 4.79 Å². The Morgan fingerprint density at radius 3 is 2.88 bits per heavy atom. The molecule has 0 aromatic carbocycles. The average Bonchev–Trinajstić information content (AvgIpc) is 2.57. The van der Waals surface area contributed by atoms with Crippen LogP contribution < -0.4 is 11.1 Å². The van der Waals surface area contributed by atoms with Crippen LogP contribution >= 0.6 is 0 Å². The van der Waals surface area contributed by atoms with Gasteiger partial charge in [-0.15, -0.1) is 0 Å². The largest absolute Gasteiger partial charge is 0.352 e. The van der Waals surface area contributed by atoms with E-state index in [2.05, 4.69) is 17.3 Å². The van der Waals surface area contributed by atoms with Crippen molar-refractivity contribution in [2.75, 3.05) is 13.1 Å². The van der Waals surface area contributed by atoms with Crippen LogP contribution in [0.3, 0.4) is 0 Å². The number of rotatable bonds is 5. The molecule has 90 valence electrons. The first kappa shape index (κ1) is 12.7. The Hall–Kier alpha value is -1.36. The fraction of sp³-hybridized carbons (Fsp3) is 0.636. The van der Waals surface area contributed by atoms with Gasteiger partial charge in [0.05, 0.1) is 11.8 Å². The predicted molar refractivity (Wildman–Crippen MR) is 63.1 cm³/mol. The van der Waals surface area contributed by atoms with Gasteiger partial charge >= 0.3 is 0 Å². The van der Waals surface area contributed by atoms with Crippen molar-refractivity contribution in [3.05, 3.63) is 17.5 Å². The molecule has 0 aliphatic heterocycles. The van der Waals surface area contributed by atoms with Crippen molar-refractivity contribution >= 4 is 5.91 Å². The Morgan fingerprint density at radius 2 is 2.38 bits per heavy atom. The molecular weight excluding hydrogens is 204 g/mol. The van der Waals surface area contributed by atoms with Gasteiger partial charge in [0.25, 0.3) is 5.91 Å². The number of nitrogens with two attached hydrogens (primary N) is 1. The van der Waals surface area contributed by atoms with Crippen molar-refractivity contribution in [3.8, 4) is 0 Å². The smallest absolute Gasteiger partial charge is 0.254 e. The molecule has 0 aliphatic rings. The van der Waals surface area contributed by atoms with E-state index >= 15 is 0 Å². The Kier molecular flexibility index (Phi) is 4.49. The van der Waals surface area contributed by atoms with Crippen LogP contribution in [0.2, 0.25) is 0 Å². The highest BCUT2D eigenvalue weighted by molar-refractivity contribution is 5.94. The highest BCUT2D eigenvalue weighted by Gasteiger charge is 2.12. The average molecular weight is 224 g/mol. The summed E-state index contributed by atoms with van der Waals surface area (Å²) >= 11 is 0. The first-order valence-electron chi connectivity index (χ1n) is 5.53.